The maximum atomic E-state index is 14.5. The molecule has 4 rings (SSSR count). The lowest BCUT2D eigenvalue weighted by molar-refractivity contribution is -0.145. The van der Waals surface area contributed by atoms with Gasteiger partial charge >= 0.3 is 6.09 Å². The SMILES string of the molecule is CNC(=O)OC(C)C(=O)NC(C(=O)N1Cc2ccc(NC(=O)CCN)cc2[C@H]1C(=O)Nc1c(F)cccc1F)C1CCOCC1. The van der Waals surface area contributed by atoms with E-state index < -0.39 is 65.2 Å². The summed E-state index contributed by atoms with van der Waals surface area (Å²) in [6.07, 6.45) is -1.22. The van der Waals surface area contributed by atoms with Gasteiger partial charge in [-0.2, -0.15) is 0 Å². The summed E-state index contributed by atoms with van der Waals surface area (Å²) in [4.78, 5) is 66.4. The Balaban J connectivity index is 1.70. The third kappa shape index (κ3) is 7.91. The number of carbonyl (C=O) groups excluding carboxylic acids is 5. The summed E-state index contributed by atoms with van der Waals surface area (Å²) in [6, 6.07) is 5.30. The molecule has 2 aliphatic rings. The van der Waals surface area contributed by atoms with Crippen LogP contribution in [-0.4, -0.2) is 73.6 Å². The molecule has 13 nitrogen and oxygen atoms in total. The van der Waals surface area contributed by atoms with Crippen LogP contribution in [0.5, 0.6) is 0 Å². The number of nitrogens with two attached hydrogens (primary N) is 1. The zero-order valence-corrected chi connectivity index (χ0v) is 24.9. The fourth-order valence-electron chi connectivity index (χ4n) is 5.32. The number of alkyl carbamates (subject to hydrolysis) is 1. The molecule has 3 atom stereocenters. The van der Waals surface area contributed by atoms with Crippen LogP contribution in [0, 0.1) is 17.6 Å². The van der Waals surface area contributed by atoms with Crippen LogP contribution in [0.4, 0.5) is 25.0 Å². The molecule has 0 saturated carbocycles. The molecule has 0 aliphatic carbocycles. The monoisotopic (exact) mass is 630 g/mol. The van der Waals surface area contributed by atoms with Gasteiger partial charge in [0.1, 0.15) is 29.4 Å². The number of anilines is 2. The normalized spacial score (nSPS) is 17.4. The molecule has 0 aromatic heterocycles. The van der Waals surface area contributed by atoms with E-state index in [1.807, 2.05) is 0 Å². The predicted molar refractivity (Wildman–Crippen MR) is 157 cm³/mol. The highest BCUT2D eigenvalue weighted by Crippen LogP contribution is 2.38. The number of hydrogen-bond donors (Lipinski definition) is 5. The maximum absolute atomic E-state index is 14.5. The van der Waals surface area contributed by atoms with Crippen molar-refractivity contribution in [3.8, 4) is 0 Å². The molecule has 1 saturated heterocycles. The van der Waals surface area contributed by atoms with Crippen molar-refractivity contribution in [2.24, 2.45) is 11.7 Å². The van der Waals surface area contributed by atoms with Crippen LogP contribution in [0.2, 0.25) is 0 Å². The number of para-hydroxylation sites is 1. The predicted octanol–water partition coefficient (Wildman–Crippen LogP) is 1.93. The number of carbonyl (C=O) groups is 5. The summed E-state index contributed by atoms with van der Waals surface area (Å²) < 4.78 is 39.6. The molecule has 0 spiro atoms. The largest absolute Gasteiger partial charge is 0.436 e. The second kappa shape index (κ2) is 14.9. The Labute approximate surface area is 258 Å². The molecule has 2 aliphatic heterocycles. The van der Waals surface area contributed by atoms with Gasteiger partial charge in [0.2, 0.25) is 11.8 Å². The average molecular weight is 631 g/mol. The Morgan fingerprint density at radius 1 is 1.07 bits per heavy atom. The van der Waals surface area contributed by atoms with E-state index >= 15 is 0 Å². The summed E-state index contributed by atoms with van der Waals surface area (Å²) in [7, 11) is 1.33. The standard InChI is InChI=1S/C30H36F2N6O7/c1-16(45-30(43)34-2)27(40)36-24(17-9-12-44-13-10-17)29(42)38-15-18-6-7-19(35-23(39)8-11-33)14-20(18)26(38)28(41)37-25-21(31)4-3-5-22(25)32/h3-7,14,16-17,24,26H,8-13,15,33H2,1-2H3,(H,34,43)(H,35,39)(H,36,40)(H,37,41)/t16?,24?,26-/m0/s1. The first-order valence-electron chi connectivity index (χ1n) is 14.5. The lowest BCUT2D eigenvalue weighted by Gasteiger charge is -2.35. The van der Waals surface area contributed by atoms with Crippen LogP contribution in [0.25, 0.3) is 0 Å². The second-order valence-electron chi connectivity index (χ2n) is 10.7. The summed E-state index contributed by atoms with van der Waals surface area (Å²) in [6.45, 7) is 2.04. The number of nitrogens with one attached hydrogen (secondary N) is 4. The Morgan fingerprint density at radius 3 is 2.40 bits per heavy atom. The topological polar surface area (TPSA) is 181 Å². The quantitative estimate of drug-likeness (QED) is 0.264. The van der Waals surface area contributed by atoms with E-state index in [4.69, 9.17) is 15.2 Å². The van der Waals surface area contributed by atoms with Gasteiger partial charge < -0.3 is 41.4 Å². The molecule has 2 aromatic rings. The Hall–Kier alpha value is -4.63. The molecule has 5 amide bonds. The van der Waals surface area contributed by atoms with Gasteiger partial charge in [-0.25, -0.2) is 13.6 Å². The second-order valence-corrected chi connectivity index (χ2v) is 10.7. The van der Waals surface area contributed by atoms with Crippen molar-refractivity contribution >= 4 is 41.1 Å². The van der Waals surface area contributed by atoms with Crippen molar-refractivity contribution in [2.45, 2.75) is 50.9 Å². The molecule has 15 heteroatoms. The molecule has 6 N–H and O–H groups in total. The van der Waals surface area contributed by atoms with Crippen LogP contribution in [-0.2, 0) is 35.2 Å². The summed E-state index contributed by atoms with van der Waals surface area (Å²) >= 11 is 0. The fraction of sp³-hybridized carbons (Fsp3) is 0.433. The third-order valence-electron chi connectivity index (χ3n) is 7.65. The summed E-state index contributed by atoms with van der Waals surface area (Å²) in [5.41, 5.74) is 5.97. The van der Waals surface area contributed by atoms with Gasteiger partial charge in [-0.05, 0) is 61.1 Å². The summed E-state index contributed by atoms with van der Waals surface area (Å²) in [5.74, 6) is -5.08. The number of halogens is 2. The zero-order valence-electron chi connectivity index (χ0n) is 24.9. The van der Waals surface area contributed by atoms with Gasteiger partial charge in [-0.1, -0.05) is 12.1 Å². The molecule has 242 valence electrons. The van der Waals surface area contributed by atoms with Crippen molar-refractivity contribution < 1.29 is 42.2 Å². The molecule has 45 heavy (non-hydrogen) atoms. The summed E-state index contributed by atoms with van der Waals surface area (Å²) in [5, 5.41) is 9.90. The van der Waals surface area contributed by atoms with Crippen molar-refractivity contribution in [1.82, 2.24) is 15.5 Å². The van der Waals surface area contributed by atoms with Crippen LogP contribution >= 0.6 is 0 Å². The first-order chi connectivity index (χ1) is 21.5. The number of benzene rings is 2. The van der Waals surface area contributed by atoms with E-state index in [9.17, 15) is 32.8 Å². The van der Waals surface area contributed by atoms with Gasteiger partial charge in [0, 0.05) is 45.5 Å². The molecular weight excluding hydrogens is 594 g/mol. The lowest BCUT2D eigenvalue weighted by atomic mass is 9.90. The molecule has 1 fully saturated rings. The molecule has 0 radical (unpaired) electrons. The van der Waals surface area contributed by atoms with Crippen LogP contribution in [0.15, 0.2) is 36.4 Å². The molecular formula is C30H36F2N6O7. The number of fused-ring (bicyclic) bond motifs is 1. The van der Waals surface area contributed by atoms with E-state index in [-0.39, 0.29) is 25.4 Å². The zero-order chi connectivity index (χ0) is 32.7. The van der Waals surface area contributed by atoms with E-state index in [2.05, 4.69) is 21.3 Å². The lowest BCUT2D eigenvalue weighted by Crippen LogP contribution is -2.55. The number of amides is 5. The molecule has 0 bridgehead atoms. The smallest absolute Gasteiger partial charge is 0.407 e. The van der Waals surface area contributed by atoms with E-state index in [1.165, 1.54) is 24.9 Å². The molecule has 2 aromatic carbocycles. The highest BCUT2D eigenvalue weighted by atomic mass is 19.1. The van der Waals surface area contributed by atoms with Crippen LogP contribution in [0.3, 0.4) is 0 Å². The third-order valence-corrected chi connectivity index (χ3v) is 7.65. The van der Waals surface area contributed by atoms with E-state index in [0.29, 0.717) is 42.9 Å². The van der Waals surface area contributed by atoms with Gasteiger partial charge in [0.15, 0.2) is 6.10 Å². The van der Waals surface area contributed by atoms with Gasteiger partial charge in [-0.15, -0.1) is 0 Å². The number of rotatable bonds is 10. The minimum absolute atomic E-state index is 0.0483. The minimum Gasteiger partial charge on any atom is -0.436 e. The van der Waals surface area contributed by atoms with E-state index in [0.717, 1.165) is 18.2 Å². The van der Waals surface area contributed by atoms with Crippen LogP contribution in [0.1, 0.15) is 43.4 Å². The highest BCUT2D eigenvalue weighted by molar-refractivity contribution is 6.01. The van der Waals surface area contributed by atoms with Crippen LogP contribution < -0.4 is 27.0 Å². The van der Waals surface area contributed by atoms with Crippen molar-refractivity contribution in [3.63, 3.8) is 0 Å². The van der Waals surface area contributed by atoms with Gasteiger partial charge in [0.25, 0.3) is 11.8 Å². The van der Waals surface area contributed by atoms with Crippen molar-refractivity contribution in [2.75, 3.05) is 37.4 Å². The van der Waals surface area contributed by atoms with E-state index in [1.54, 1.807) is 12.1 Å². The number of nitrogens with zero attached hydrogens (tertiary/aromatic N) is 1. The number of ether oxygens (including phenoxy) is 2. The minimum atomic E-state index is -1.39. The molecule has 2 unspecified atom stereocenters. The Morgan fingerprint density at radius 2 is 1.76 bits per heavy atom. The first kappa shape index (κ1) is 33.3. The van der Waals surface area contributed by atoms with Gasteiger partial charge in [-0.3, -0.25) is 19.2 Å². The highest BCUT2D eigenvalue weighted by Gasteiger charge is 2.44. The molecule has 2 heterocycles. The Bertz CT molecular complexity index is 1430. The average Bonchev–Trinajstić information content (AvgIpc) is 3.40. The first-order valence-corrected chi connectivity index (χ1v) is 14.5. The fourth-order valence-corrected chi connectivity index (χ4v) is 5.32. The Kier molecular flexibility index (Phi) is 11.0. The maximum Gasteiger partial charge on any atom is 0.407 e. The van der Waals surface area contributed by atoms with Crippen molar-refractivity contribution in [3.05, 3.63) is 59.2 Å². The van der Waals surface area contributed by atoms with Gasteiger partial charge in [0.05, 0.1) is 0 Å². The van der Waals surface area contributed by atoms with Crippen molar-refractivity contribution in [1.29, 1.82) is 0 Å². The number of hydrogen-bond acceptors (Lipinski definition) is 8.